The van der Waals surface area contributed by atoms with Crippen LogP contribution in [0.1, 0.15) is 12.8 Å². The lowest BCUT2D eigenvalue weighted by molar-refractivity contribution is -0.133. The number of carbonyl (C=O) groups is 2. The van der Waals surface area contributed by atoms with Crippen molar-refractivity contribution in [3.63, 3.8) is 0 Å². The number of amides is 2. The summed E-state index contributed by atoms with van der Waals surface area (Å²) in [4.78, 5) is 26.6. The molecular weight excluding hydrogens is 278 g/mol. The van der Waals surface area contributed by atoms with Crippen LogP contribution in [0.15, 0.2) is 24.3 Å². The number of primary amides is 1. The minimum Gasteiger partial charge on any atom is -0.370 e. The summed E-state index contributed by atoms with van der Waals surface area (Å²) >= 11 is 5.87. The first-order valence-corrected chi connectivity index (χ1v) is 7.00. The molecule has 0 aromatic heterocycles. The summed E-state index contributed by atoms with van der Waals surface area (Å²) in [6.07, 6.45) is 0.326. The Hall–Kier alpha value is -1.75. The van der Waals surface area contributed by atoms with Gasteiger partial charge in [-0.2, -0.15) is 0 Å². The first-order valence-electron chi connectivity index (χ1n) is 6.63. The number of carbonyl (C=O) groups excluding carboxylic acids is 2. The lowest BCUT2D eigenvalue weighted by atomic mass is 10.2. The van der Waals surface area contributed by atoms with E-state index in [1.54, 1.807) is 4.90 Å². The summed E-state index contributed by atoms with van der Waals surface area (Å²) in [5.74, 6) is -0.433. The summed E-state index contributed by atoms with van der Waals surface area (Å²) in [5, 5.41) is 0.717. The van der Waals surface area contributed by atoms with Crippen LogP contribution >= 0.6 is 11.6 Å². The summed E-state index contributed by atoms with van der Waals surface area (Å²) in [7, 11) is 0. The van der Waals surface area contributed by atoms with Gasteiger partial charge in [0.25, 0.3) is 0 Å². The lowest BCUT2D eigenvalue weighted by Gasteiger charge is -2.36. The number of nitrogens with two attached hydrogens (primary N) is 1. The van der Waals surface area contributed by atoms with E-state index in [0.29, 0.717) is 18.1 Å². The van der Waals surface area contributed by atoms with Gasteiger partial charge < -0.3 is 15.5 Å². The van der Waals surface area contributed by atoms with E-state index in [1.165, 1.54) is 0 Å². The highest BCUT2D eigenvalue weighted by Gasteiger charge is 2.21. The van der Waals surface area contributed by atoms with Crippen LogP contribution in [0, 0.1) is 0 Å². The van der Waals surface area contributed by atoms with E-state index in [2.05, 4.69) is 4.90 Å². The molecule has 1 fully saturated rings. The minimum atomic E-state index is -0.432. The zero-order valence-corrected chi connectivity index (χ0v) is 12.0. The monoisotopic (exact) mass is 295 g/mol. The van der Waals surface area contributed by atoms with Gasteiger partial charge in [-0.1, -0.05) is 11.6 Å². The molecule has 1 heterocycles. The molecule has 0 radical (unpaired) electrons. The van der Waals surface area contributed by atoms with Gasteiger partial charge in [-0.3, -0.25) is 9.59 Å². The quantitative estimate of drug-likeness (QED) is 0.909. The van der Waals surface area contributed by atoms with E-state index in [9.17, 15) is 9.59 Å². The number of halogens is 1. The van der Waals surface area contributed by atoms with Crippen molar-refractivity contribution in [1.82, 2.24) is 4.90 Å². The maximum absolute atomic E-state index is 11.9. The molecule has 1 aliphatic heterocycles. The topological polar surface area (TPSA) is 66.6 Å². The predicted molar refractivity (Wildman–Crippen MR) is 78.7 cm³/mol. The van der Waals surface area contributed by atoms with Gasteiger partial charge in [0, 0.05) is 49.7 Å². The predicted octanol–water partition coefficient (Wildman–Crippen LogP) is 1.25. The third kappa shape index (κ3) is 3.87. The molecule has 2 amide bonds. The normalized spacial score (nSPS) is 15.2. The van der Waals surface area contributed by atoms with Crippen LogP contribution < -0.4 is 10.6 Å². The Bertz CT molecular complexity index is 482. The maximum atomic E-state index is 11.9. The highest BCUT2D eigenvalue weighted by molar-refractivity contribution is 6.30. The van der Waals surface area contributed by atoms with Crippen molar-refractivity contribution in [1.29, 1.82) is 0 Å². The molecule has 0 unspecified atom stereocenters. The molecule has 6 heteroatoms. The van der Waals surface area contributed by atoms with Crippen LogP contribution in [0.25, 0.3) is 0 Å². The lowest BCUT2D eigenvalue weighted by Crippen LogP contribution is -2.48. The van der Waals surface area contributed by atoms with Gasteiger partial charge in [0.1, 0.15) is 0 Å². The Morgan fingerprint density at radius 3 is 2.20 bits per heavy atom. The molecule has 108 valence electrons. The fourth-order valence-electron chi connectivity index (χ4n) is 2.25. The number of anilines is 1. The van der Waals surface area contributed by atoms with Crippen molar-refractivity contribution >= 4 is 29.1 Å². The molecule has 1 saturated heterocycles. The third-order valence-corrected chi connectivity index (χ3v) is 3.66. The van der Waals surface area contributed by atoms with Crippen molar-refractivity contribution in [2.45, 2.75) is 12.8 Å². The van der Waals surface area contributed by atoms with E-state index in [0.717, 1.165) is 18.8 Å². The van der Waals surface area contributed by atoms with Gasteiger partial charge >= 0.3 is 0 Å². The average molecular weight is 296 g/mol. The summed E-state index contributed by atoms with van der Waals surface area (Å²) in [6.45, 7) is 2.90. The number of benzene rings is 1. The molecule has 1 aromatic carbocycles. The fraction of sp³-hybridized carbons (Fsp3) is 0.429. The van der Waals surface area contributed by atoms with Gasteiger partial charge in [0.15, 0.2) is 0 Å². The van der Waals surface area contributed by atoms with E-state index in [1.807, 2.05) is 24.3 Å². The molecule has 1 aromatic rings. The fourth-order valence-corrected chi connectivity index (χ4v) is 2.38. The van der Waals surface area contributed by atoms with Crippen LogP contribution in [0.5, 0.6) is 0 Å². The van der Waals surface area contributed by atoms with Crippen molar-refractivity contribution < 1.29 is 9.59 Å². The van der Waals surface area contributed by atoms with Gasteiger partial charge in [-0.05, 0) is 24.3 Å². The van der Waals surface area contributed by atoms with Crippen molar-refractivity contribution in [2.24, 2.45) is 5.73 Å². The molecule has 1 aliphatic rings. The second-order valence-corrected chi connectivity index (χ2v) is 5.25. The number of rotatable bonds is 4. The van der Waals surface area contributed by atoms with E-state index < -0.39 is 5.91 Å². The number of hydrogen-bond acceptors (Lipinski definition) is 3. The number of piperazine rings is 1. The van der Waals surface area contributed by atoms with Crippen molar-refractivity contribution in [2.75, 3.05) is 31.1 Å². The molecule has 0 aliphatic carbocycles. The largest absolute Gasteiger partial charge is 0.370 e. The first kappa shape index (κ1) is 14.7. The second kappa shape index (κ2) is 6.61. The molecular formula is C14H18ClN3O2. The van der Waals surface area contributed by atoms with Crippen LogP contribution in [-0.2, 0) is 9.59 Å². The Morgan fingerprint density at radius 2 is 1.65 bits per heavy atom. The molecule has 20 heavy (non-hydrogen) atoms. The standard InChI is InChI=1S/C14H18ClN3O2/c15-11-1-3-12(4-2-11)17-7-9-18(10-8-17)14(20)6-5-13(16)19/h1-4H,5-10H2,(H2,16,19). The third-order valence-electron chi connectivity index (χ3n) is 3.41. The smallest absolute Gasteiger partial charge is 0.223 e. The van der Waals surface area contributed by atoms with Gasteiger partial charge in [-0.15, -0.1) is 0 Å². The number of hydrogen-bond donors (Lipinski definition) is 1. The molecule has 5 nitrogen and oxygen atoms in total. The van der Waals surface area contributed by atoms with E-state index >= 15 is 0 Å². The zero-order chi connectivity index (χ0) is 14.5. The Balaban J connectivity index is 1.84. The summed E-state index contributed by atoms with van der Waals surface area (Å²) < 4.78 is 0. The first-order chi connectivity index (χ1) is 9.56. The highest BCUT2D eigenvalue weighted by Crippen LogP contribution is 2.19. The molecule has 0 spiro atoms. The van der Waals surface area contributed by atoms with Crippen LogP contribution in [0.2, 0.25) is 5.02 Å². The molecule has 2 N–H and O–H groups in total. The number of nitrogens with zero attached hydrogens (tertiary/aromatic N) is 2. The maximum Gasteiger partial charge on any atom is 0.223 e. The van der Waals surface area contributed by atoms with Crippen LogP contribution in [0.4, 0.5) is 5.69 Å². The molecule has 2 rings (SSSR count). The molecule has 0 saturated carbocycles. The Labute approximate surface area is 123 Å². The van der Waals surface area contributed by atoms with E-state index in [-0.39, 0.29) is 18.7 Å². The summed E-state index contributed by atoms with van der Waals surface area (Å²) in [6, 6.07) is 7.68. The van der Waals surface area contributed by atoms with Gasteiger partial charge in [-0.25, -0.2) is 0 Å². The zero-order valence-electron chi connectivity index (χ0n) is 11.2. The van der Waals surface area contributed by atoms with Crippen LogP contribution in [0.3, 0.4) is 0 Å². The highest BCUT2D eigenvalue weighted by atomic mass is 35.5. The van der Waals surface area contributed by atoms with Crippen LogP contribution in [-0.4, -0.2) is 42.9 Å². The van der Waals surface area contributed by atoms with Gasteiger partial charge in [0.2, 0.25) is 11.8 Å². The molecule has 0 atom stereocenters. The SMILES string of the molecule is NC(=O)CCC(=O)N1CCN(c2ccc(Cl)cc2)CC1. The van der Waals surface area contributed by atoms with E-state index in [4.69, 9.17) is 17.3 Å². The molecule has 0 bridgehead atoms. The Kier molecular flexibility index (Phi) is 4.84. The van der Waals surface area contributed by atoms with Crippen molar-refractivity contribution in [3.8, 4) is 0 Å². The average Bonchev–Trinajstić information content (AvgIpc) is 2.46. The van der Waals surface area contributed by atoms with Gasteiger partial charge in [0.05, 0.1) is 0 Å². The Morgan fingerprint density at radius 1 is 1.05 bits per heavy atom. The minimum absolute atomic E-state index is 0.000411. The second-order valence-electron chi connectivity index (χ2n) is 4.81. The summed E-state index contributed by atoms with van der Waals surface area (Å²) in [5.41, 5.74) is 6.16. The van der Waals surface area contributed by atoms with Crippen molar-refractivity contribution in [3.05, 3.63) is 29.3 Å².